The number of hydrogen-bond donors (Lipinski definition) is 1. The molecule has 0 amide bonds. The molecule has 1 aromatic carbocycles. The van der Waals surface area contributed by atoms with Crippen LogP contribution in [0.1, 0.15) is 24.1 Å². The first-order valence-corrected chi connectivity index (χ1v) is 6.49. The smallest absolute Gasteiger partial charge is 0.298 e. The molecule has 1 aromatic heterocycles. The van der Waals surface area contributed by atoms with Crippen molar-refractivity contribution in [3.05, 3.63) is 45.1 Å². The lowest BCUT2D eigenvalue weighted by molar-refractivity contribution is -0.384. The number of nitro groups is 1. The predicted molar refractivity (Wildman–Crippen MR) is 71.2 cm³/mol. The van der Waals surface area contributed by atoms with Gasteiger partial charge in [0.2, 0.25) is 0 Å². The molecule has 0 spiro atoms. The topological polar surface area (TPSA) is 87.0 Å². The third-order valence-electron chi connectivity index (χ3n) is 3.67. The zero-order valence-electron chi connectivity index (χ0n) is 11.0. The predicted octanol–water partition coefficient (Wildman–Crippen LogP) is 2.52. The summed E-state index contributed by atoms with van der Waals surface area (Å²) in [5.74, 6) is -2.24. The minimum atomic E-state index is -1.29. The Bertz CT molecular complexity index is 742. The number of halogens is 2. The van der Waals surface area contributed by atoms with Crippen molar-refractivity contribution in [2.45, 2.75) is 25.7 Å². The van der Waals surface area contributed by atoms with E-state index in [0.717, 1.165) is 35.2 Å². The number of benzene rings is 1. The quantitative estimate of drug-likeness (QED) is 0.681. The first kappa shape index (κ1) is 13.5. The number of rotatable bonds is 2. The molecule has 1 aliphatic rings. The molecule has 6 nitrogen and oxygen atoms in total. The zero-order chi connectivity index (χ0) is 15.1. The van der Waals surface area contributed by atoms with E-state index < -0.39 is 27.9 Å². The van der Waals surface area contributed by atoms with Crippen molar-refractivity contribution in [3.8, 4) is 5.69 Å². The van der Waals surface area contributed by atoms with Crippen molar-refractivity contribution < 1.29 is 13.7 Å². The third-order valence-corrected chi connectivity index (χ3v) is 3.67. The number of anilines is 1. The molecular formula is C13H12F2N4O2. The van der Waals surface area contributed by atoms with E-state index in [9.17, 15) is 18.9 Å². The van der Waals surface area contributed by atoms with Crippen LogP contribution in [0.5, 0.6) is 0 Å². The summed E-state index contributed by atoms with van der Waals surface area (Å²) in [7, 11) is 0. The number of fused-ring (bicyclic) bond motifs is 1. The van der Waals surface area contributed by atoms with Crippen LogP contribution < -0.4 is 5.73 Å². The third kappa shape index (κ3) is 2.03. The van der Waals surface area contributed by atoms with Gasteiger partial charge in [0.05, 0.1) is 10.6 Å². The van der Waals surface area contributed by atoms with Crippen molar-refractivity contribution in [1.82, 2.24) is 9.78 Å². The number of aromatic nitrogens is 2. The summed E-state index contributed by atoms with van der Waals surface area (Å²) in [5, 5.41) is 15.1. The molecule has 8 heteroatoms. The van der Waals surface area contributed by atoms with E-state index in [1.54, 1.807) is 0 Å². The molecular weight excluding hydrogens is 282 g/mol. The van der Waals surface area contributed by atoms with Crippen LogP contribution in [0.25, 0.3) is 5.69 Å². The summed E-state index contributed by atoms with van der Waals surface area (Å²) in [5.41, 5.74) is 6.15. The number of hydrogen-bond acceptors (Lipinski definition) is 4. The molecule has 1 heterocycles. The fourth-order valence-electron chi connectivity index (χ4n) is 2.69. The lowest BCUT2D eigenvalue weighted by Crippen LogP contribution is -2.12. The van der Waals surface area contributed by atoms with Gasteiger partial charge in [-0.15, -0.1) is 5.10 Å². The van der Waals surface area contributed by atoms with E-state index in [2.05, 4.69) is 5.10 Å². The van der Waals surface area contributed by atoms with Crippen molar-refractivity contribution in [2.24, 2.45) is 0 Å². The second kappa shape index (κ2) is 4.80. The molecule has 0 aliphatic heterocycles. The van der Waals surface area contributed by atoms with Gasteiger partial charge in [-0.25, -0.2) is 13.5 Å². The number of nitrogen functional groups attached to an aromatic ring is 1. The van der Waals surface area contributed by atoms with E-state index in [-0.39, 0.29) is 5.82 Å². The molecule has 1 aliphatic carbocycles. The molecule has 0 bridgehead atoms. The summed E-state index contributed by atoms with van der Waals surface area (Å²) >= 11 is 0. The molecule has 2 N–H and O–H groups in total. The van der Waals surface area contributed by atoms with Crippen LogP contribution in [-0.2, 0) is 12.8 Å². The first-order valence-electron chi connectivity index (χ1n) is 6.49. The Morgan fingerprint density at radius 3 is 2.71 bits per heavy atom. The van der Waals surface area contributed by atoms with Crippen LogP contribution in [0.3, 0.4) is 0 Å². The summed E-state index contributed by atoms with van der Waals surface area (Å²) in [4.78, 5) is 10.3. The van der Waals surface area contributed by atoms with Crippen LogP contribution in [0.15, 0.2) is 12.1 Å². The van der Waals surface area contributed by atoms with Gasteiger partial charge in [-0.3, -0.25) is 10.1 Å². The Morgan fingerprint density at radius 2 is 2.00 bits per heavy atom. The molecule has 0 saturated carbocycles. The second-order valence-electron chi connectivity index (χ2n) is 4.92. The van der Waals surface area contributed by atoms with E-state index in [1.165, 1.54) is 0 Å². The van der Waals surface area contributed by atoms with Crippen LogP contribution in [0.4, 0.5) is 20.3 Å². The van der Waals surface area contributed by atoms with Gasteiger partial charge in [0.1, 0.15) is 5.82 Å². The fourth-order valence-corrected chi connectivity index (χ4v) is 2.69. The molecule has 0 unspecified atom stereocenters. The number of nitrogens with zero attached hydrogens (tertiary/aromatic N) is 3. The summed E-state index contributed by atoms with van der Waals surface area (Å²) in [6.07, 6.45) is 3.04. The van der Waals surface area contributed by atoms with Crippen LogP contribution in [0, 0.1) is 21.7 Å². The Kier molecular flexibility index (Phi) is 3.08. The van der Waals surface area contributed by atoms with Gasteiger partial charge in [-0.05, 0) is 31.7 Å². The van der Waals surface area contributed by atoms with Crippen LogP contribution in [-0.4, -0.2) is 14.7 Å². The van der Waals surface area contributed by atoms with Gasteiger partial charge < -0.3 is 5.73 Å². The highest BCUT2D eigenvalue weighted by Gasteiger charge is 2.29. The molecule has 110 valence electrons. The molecule has 3 rings (SSSR count). The average Bonchev–Trinajstić information content (AvgIpc) is 2.79. The minimum Gasteiger partial charge on any atom is -0.382 e. The van der Waals surface area contributed by atoms with Gasteiger partial charge in [0.25, 0.3) is 5.69 Å². The summed E-state index contributed by atoms with van der Waals surface area (Å²) in [6.45, 7) is 0. The number of nitro benzene ring substituents is 1. The minimum absolute atomic E-state index is 0.211. The molecule has 0 radical (unpaired) electrons. The Balaban J connectivity index is 2.30. The van der Waals surface area contributed by atoms with Gasteiger partial charge in [0, 0.05) is 11.6 Å². The molecule has 0 atom stereocenters. The monoisotopic (exact) mass is 294 g/mol. The van der Waals surface area contributed by atoms with Crippen molar-refractivity contribution in [3.63, 3.8) is 0 Å². The van der Waals surface area contributed by atoms with E-state index in [4.69, 9.17) is 5.73 Å². The average molecular weight is 294 g/mol. The summed E-state index contributed by atoms with van der Waals surface area (Å²) in [6, 6.07) is 1.66. The highest BCUT2D eigenvalue weighted by molar-refractivity contribution is 5.57. The fraction of sp³-hybridized carbons (Fsp3) is 0.308. The normalized spacial score (nSPS) is 14.0. The Labute approximate surface area is 118 Å². The molecule has 0 fully saturated rings. The maximum Gasteiger partial charge on any atom is 0.298 e. The molecule has 2 aromatic rings. The van der Waals surface area contributed by atoms with Crippen molar-refractivity contribution in [1.29, 1.82) is 0 Å². The maximum absolute atomic E-state index is 14.1. The van der Waals surface area contributed by atoms with Crippen LogP contribution >= 0.6 is 0 Å². The first-order chi connectivity index (χ1) is 10.0. The van der Waals surface area contributed by atoms with Gasteiger partial charge in [-0.2, -0.15) is 0 Å². The Hall–Kier alpha value is -2.51. The van der Waals surface area contributed by atoms with Gasteiger partial charge in [-0.1, -0.05) is 0 Å². The number of nitrogens with two attached hydrogens (primary N) is 1. The lowest BCUT2D eigenvalue weighted by atomic mass is 9.97. The standard InChI is InChI=1S/C13H12F2N4O2/c14-8-5-6-10(19(20)21)12(11(8)15)18-9-4-2-1-3-7(9)13(16)17-18/h5-6H,1-4H2,(H2,16,17). The van der Waals surface area contributed by atoms with Crippen molar-refractivity contribution >= 4 is 11.5 Å². The Morgan fingerprint density at radius 1 is 1.29 bits per heavy atom. The van der Waals surface area contributed by atoms with Gasteiger partial charge >= 0.3 is 0 Å². The summed E-state index contributed by atoms with van der Waals surface area (Å²) < 4.78 is 28.7. The van der Waals surface area contributed by atoms with Crippen molar-refractivity contribution in [2.75, 3.05) is 5.73 Å². The zero-order valence-corrected chi connectivity index (χ0v) is 11.0. The lowest BCUT2D eigenvalue weighted by Gasteiger charge is -2.14. The molecule has 21 heavy (non-hydrogen) atoms. The second-order valence-corrected chi connectivity index (χ2v) is 4.92. The maximum atomic E-state index is 14.1. The largest absolute Gasteiger partial charge is 0.382 e. The van der Waals surface area contributed by atoms with E-state index in [0.29, 0.717) is 18.5 Å². The van der Waals surface area contributed by atoms with Crippen LogP contribution in [0.2, 0.25) is 0 Å². The van der Waals surface area contributed by atoms with Gasteiger partial charge in [0.15, 0.2) is 17.3 Å². The van der Waals surface area contributed by atoms with E-state index >= 15 is 0 Å². The highest BCUT2D eigenvalue weighted by Crippen LogP contribution is 2.33. The molecule has 0 saturated heterocycles. The highest BCUT2D eigenvalue weighted by atomic mass is 19.2. The van der Waals surface area contributed by atoms with E-state index in [1.807, 2.05) is 0 Å². The SMILES string of the molecule is Nc1nn(-c2c([N+](=O)[O-])ccc(F)c2F)c2c1CCCC2.